The predicted molar refractivity (Wildman–Crippen MR) is 78.5 cm³/mol. The first kappa shape index (κ1) is 14.0. The molecule has 1 aliphatic rings. The highest BCUT2D eigenvalue weighted by molar-refractivity contribution is 6.31. The average molecular weight is 306 g/mol. The van der Waals surface area contributed by atoms with E-state index in [9.17, 15) is 14.0 Å². The first-order valence-corrected chi connectivity index (χ1v) is 7.14. The van der Waals surface area contributed by atoms with Crippen LogP contribution in [0.4, 0.5) is 4.39 Å². The Morgan fingerprint density at radius 3 is 2.71 bits per heavy atom. The number of Topliss-reactive ketones (excluding diaryl/α,β-unsaturated/α-hetero) is 1. The van der Waals surface area contributed by atoms with E-state index in [1.807, 2.05) is 0 Å². The molecule has 0 fully saturated rings. The molecule has 5 heteroatoms. The third-order valence-corrected chi connectivity index (χ3v) is 4.11. The quantitative estimate of drug-likeness (QED) is 0.854. The van der Waals surface area contributed by atoms with Gasteiger partial charge in [0.2, 0.25) is 0 Å². The normalized spacial score (nSPS) is 14.1. The molecule has 1 aromatic heterocycles. The van der Waals surface area contributed by atoms with Crippen molar-refractivity contribution >= 4 is 17.4 Å². The lowest BCUT2D eigenvalue weighted by Gasteiger charge is -2.20. The van der Waals surface area contributed by atoms with Gasteiger partial charge in [-0.2, -0.15) is 0 Å². The van der Waals surface area contributed by atoms with Gasteiger partial charge in [0.1, 0.15) is 5.82 Å². The molecule has 1 heterocycles. The maximum absolute atomic E-state index is 13.1. The first-order valence-electron chi connectivity index (χ1n) is 6.76. The zero-order valence-corrected chi connectivity index (χ0v) is 12.0. The summed E-state index contributed by atoms with van der Waals surface area (Å²) < 4.78 is 14.7. The molecule has 0 aliphatic heterocycles. The van der Waals surface area contributed by atoms with Crippen LogP contribution in [-0.4, -0.2) is 10.4 Å². The Morgan fingerprint density at radius 1 is 1.14 bits per heavy atom. The summed E-state index contributed by atoms with van der Waals surface area (Å²) in [5, 5.41) is 0.279. The zero-order chi connectivity index (χ0) is 15.0. The lowest BCUT2D eigenvalue weighted by molar-refractivity contribution is 0.0970. The lowest BCUT2D eigenvalue weighted by Crippen LogP contribution is -2.28. The number of carbonyl (C=O) groups excluding carboxylic acids is 1. The second-order valence-electron chi connectivity index (χ2n) is 5.13. The van der Waals surface area contributed by atoms with Crippen LogP contribution in [0.15, 0.2) is 35.1 Å². The number of halogens is 2. The second-order valence-corrected chi connectivity index (χ2v) is 5.54. The number of nitrogens with zero attached hydrogens (tertiary/aromatic N) is 1. The number of fused-ring (bicyclic) bond motifs is 1. The molecule has 0 amide bonds. The molecule has 0 bridgehead atoms. The fraction of sp³-hybridized carbons (Fsp3) is 0.250. The Kier molecular flexibility index (Phi) is 3.64. The molecule has 0 N–H and O–H groups in total. The number of aromatic nitrogens is 1. The van der Waals surface area contributed by atoms with E-state index in [4.69, 9.17) is 11.6 Å². The van der Waals surface area contributed by atoms with Crippen LogP contribution in [0.25, 0.3) is 0 Å². The average Bonchev–Trinajstić information content (AvgIpc) is 2.44. The monoisotopic (exact) mass is 305 g/mol. The van der Waals surface area contributed by atoms with Crippen molar-refractivity contribution in [2.45, 2.75) is 25.8 Å². The van der Waals surface area contributed by atoms with Crippen molar-refractivity contribution in [3.63, 3.8) is 0 Å². The molecule has 108 valence electrons. The summed E-state index contributed by atoms with van der Waals surface area (Å²) in [6.45, 7) is 0.244. The molecule has 0 atom stereocenters. The van der Waals surface area contributed by atoms with Crippen LogP contribution in [0.5, 0.6) is 0 Å². The number of rotatable bonds is 2. The van der Waals surface area contributed by atoms with Gasteiger partial charge in [0.25, 0.3) is 5.56 Å². The summed E-state index contributed by atoms with van der Waals surface area (Å²) in [5.41, 5.74) is 1.84. The number of hydrogen-bond acceptors (Lipinski definition) is 2. The summed E-state index contributed by atoms with van der Waals surface area (Å²) >= 11 is 6.02. The van der Waals surface area contributed by atoms with E-state index >= 15 is 0 Å². The van der Waals surface area contributed by atoms with Gasteiger partial charge in [0.05, 0.1) is 6.54 Å². The molecule has 3 rings (SSSR count). The zero-order valence-electron chi connectivity index (χ0n) is 11.2. The van der Waals surface area contributed by atoms with Gasteiger partial charge in [-0.15, -0.1) is 0 Å². The van der Waals surface area contributed by atoms with Crippen molar-refractivity contribution < 1.29 is 9.18 Å². The van der Waals surface area contributed by atoms with E-state index in [-0.39, 0.29) is 22.9 Å². The number of ketones is 1. The molecule has 0 saturated carbocycles. The van der Waals surface area contributed by atoms with Crippen LogP contribution in [0.2, 0.25) is 5.02 Å². The Hall–Kier alpha value is -1.94. The number of benzene rings is 1. The van der Waals surface area contributed by atoms with E-state index in [2.05, 4.69) is 0 Å². The van der Waals surface area contributed by atoms with E-state index in [1.54, 1.807) is 16.7 Å². The summed E-state index contributed by atoms with van der Waals surface area (Å²) in [6, 6.07) is 7.10. The van der Waals surface area contributed by atoms with Gasteiger partial charge in [-0.25, -0.2) is 4.39 Å². The van der Waals surface area contributed by atoms with Crippen molar-refractivity contribution in [3.8, 4) is 0 Å². The van der Waals surface area contributed by atoms with Crippen molar-refractivity contribution in [3.05, 3.63) is 68.3 Å². The number of carbonyl (C=O) groups is 1. The molecule has 3 nitrogen and oxygen atoms in total. The maximum Gasteiger partial charge on any atom is 0.251 e. The highest BCUT2D eigenvalue weighted by atomic mass is 35.5. The largest absolute Gasteiger partial charge is 0.307 e. The van der Waals surface area contributed by atoms with Gasteiger partial charge < -0.3 is 4.57 Å². The van der Waals surface area contributed by atoms with Gasteiger partial charge in [-0.1, -0.05) is 17.7 Å². The van der Waals surface area contributed by atoms with Gasteiger partial charge >= 0.3 is 0 Å². The van der Waals surface area contributed by atoms with Gasteiger partial charge in [-0.05, 0) is 36.6 Å². The summed E-state index contributed by atoms with van der Waals surface area (Å²) in [7, 11) is 0. The van der Waals surface area contributed by atoms with E-state index in [0.717, 1.165) is 12.1 Å². The Morgan fingerprint density at radius 2 is 1.95 bits per heavy atom. The van der Waals surface area contributed by atoms with Crippen LogP contribution >= 0.6 is 11.6 Å². The summed E-state index contributed by atoms with van der Waals surface area (Å²) in [4.78, 5) is 24.0. The maximum atomic E-state index is 13.1. The molecular weight excluding hydrogens is 293 g/mol. The molecule has 0 radical (unpaired) electrons. The highest BCUT2D eigenvalue weighted by Gasteiger charge is 2.21. The van der Waals surface area contributed by atoms with Gasteiger partial charge in [-0.3, -0.25) is 9.59 Å². The van der Waals surface area contributed by atoms with E-state index in [0.29, 0.717) is 24.0 Å². The lowest BCUT2D eigenvalue weighted by atomic mass is 9.94. The molecule has 21 heavy (non-hydrogen) atoms. The first-order chi connectivity index (χ1) is 10.1. The van der Waals surface area contributed by atoms with Gasteiger partial charge in [0.15, 0.2) is 5.78 Å². The van der Waals surface area contributed by atoms with Crippen molar-refractivity contribution in [2.75, 3.05) is 0 Å². The number of hydrogen-bond donors (Lipinski definition) is 0. The number of pyridine rings is 1. The fourth-order valence-electron chi connectivity index (χ4n) is 2.69. The SMILES string of the molecule is O=C1CCCc2c1ccc(=O)n2Cc1ccc(F)cc1Cl. The van der Waals surface area contributed by atoms with Crippen LogP contribution < -0.4 is 5.56 Å². The highest BCUT2D eigenvalue weighted by Crippen LogP contribution is 2.22. The van der Waals surface area contributed by atoms with Crippen LogP contribution in [0, 0.1) is 5.82 Å². The third kappa shape index (κ3) is 2.63. The van der Waals surface area contributed by atoms with Crippen molar-refractivity contribution in [2.24, 2.45) is 0 Å². The Bertz CT molecular complexity index is 782. The third-order valence-electron chi connectivity index (χ3n) is 3.76. The Balaban J connectivity index is 2.08. The molecule has 0 spiro atoms. The van der Waals surface area contributed by atoms with Crippen LogP contribution in [0.3, 0.4) is 0 Å². The van der Waals surface area contributed by atoms with Gasteiger partial charge in [0, 0.05) is 28.8 Å². The molecule has 2 aromatic rings. The standard InChI is InChI=1S/C16H13ClFNO2/c17-13-8-11(18)5-4-10(13)9-19-14-2-1-3-15(20)12(14)6-7-16(19)21/h4-8H,1-3,9H2. The van der Waals surface area contributed by atoms with Crippen LogP contribution in [-0.2, 0) is 13.0 Å². The minimum Gasteiger partial charge on any atom is -0.307 e. The molecular formula is C16H13ClFNO2. The van der Waals surface area contributed by atoms with Crippen molar-refractivity contribution in [1.82, 2.24) is 4.57 Å². The van der Waals surface area contributed by atoms with Crippen molar-refractivity contribution in [1.29, 1.82) is 0 Å². The summed E-state index contributed by atoms with van der Waals surface area (Å²) in [6.07, 6.45) is 1.95. The topological polar surface area (TPSA) is 39.1 Å². The minimum atomic E-state index is -0.415. The molecule has 1 aliphatic carbocycles. The fourth-order valence-corrected chi connectivity index (χ4v) is 2.91. The second kappa shape index (κ2) is 5.45. The minimum absolute atomic E-state index is 0.0650. The van der Waals surface area contributed by atoms with E-state index in [1.165, 1.54) is 18.2 Å². The summed E-state index contributed by atoms with van der Waals surface area (Å²) in [5.74, 6) is -0.350. The smallest absolute Gasteiger partial charge is 0.251 e. The van der Waals surface area contributed by atoms with E-state index < -0.39 is 5.82 Å². The molecule has 0 unspecified atom stereocenters. The Labute approximate surface area is 126 Å². The van der Waals surface area contributed by atoms with Crippen LogP contribution in [0.1, 0.15) is 34.5 Å². The molecule has 0 saturated heterocycles. The predicted octanol–water partition coefficient (Wildman–Crippen LogP) is 3.21. The molecule has 1 aromatic carbocycles.